The lowest BCUT2D eigenvalue weighted by Crippen LogP contribution is -2.32. The largest absolute Gasteiger partial charge is 0.366 e. The van der Waals surface area contributed by atoms with Crippen molar-refractivity contribution in [2.24, 2.45) is 0 Å². The molecule has 7 nitrogen and oxygen atoms in total. The number of carbonyl (C=O) groups is 1. The Balaban J connectivity index is 1.85. The van der Waals surface area contributed by atoms with Crippen LogP contribution in [0.25, 0.3) is 11.3 Å². The summed E-state index contributed by atoms with van der Waals surface area (Å²) in [4.78, 5) is 17.7. The van der Waals surface area contributed by atoms with Crippen LogP contribution in [-0.2, 0) is 0 Å². The predicted octanol–water partition coefficient (Wildman–Crippen LogP) is 1.89. The molecular weight excluding hydrogens is 287 g/mol. The minimum atomic E-state index is -0.473. The third-order valence-electron chi connectivity index (χ3n) is 3.46. The Bertz CT molecular complexity index is 701. The summed E-state index contributed by atoms with van der Waals surface area (Å²) >= 11 is 0. The number of hydrogen-bond donors (Lipinski definition) is 2. The Kier molecular flexibility index (Phi) is 3.82. The second-order valence-corrected chi connectivity index (χ2v) is 5.02. The van der Waals surface area contributed by atoms with E-state index < -0.39 is 5.82 Å². The van der Waals surface area contributed by atoms with E-state index in [2.05, 4.69) is 20.5 Å². The number of halogens is 1. The molecule has 0 saturated carbocycles. The third kappa shape index (κ3) is 2.95. The van der Waals surface area contributed by atoms with Crippen LogP contribution in [0.4, 0.5) is 20.8 Å². The smallest absolute Gasteiger partial charge is 0.321 e. The van der Waals surface area contributed by atoms with E-state index in [9.17, 15) is 9.18 Å². The lowest BCUT2D eigenvalue weighted by Gasteiger charge is -2.16. The fourth-order valence-electron chi connectivity index (χ4n) is 2.37. The van der Waals surface area contributed by atoms with Crippen molar-refractivity contribution in [3.05, 3.63) is 30.2 Å². The van der Waals surface area contributed by atoms with Gasteiger partial charge in [0.25, 0.3) is 0 Å². The van der Waals surface area contributed by atoms with Crippen molar-refractivity contribution in [3.8, 4) is 11.3 Å². The van der Waals surface area contributed by atoms with Gasteiger partial charge in [0.1, 0.15) is 5.82 Å². The molecule has 1 saturated heterocycles. The second kappa shape index (κ2) is 5.92. The van der Waals surface area contributed by atoms with Gasteiger partial charge in [-0.2, -0.15) is 5.10 Å². The molecule has 0 aliphatic carbocycles. The maximum absolute atomic E-state index is 14.0. The molecule has 1 fully saturated rings. The SMILES string of the molecule is Nc1nncc(-c2cc(NC(=O)N3CCCC3)ccc2F)n1. The molecule has 114 valence electrons. The highest BCUT2D eigenvalue weighted by Crippen LogP contribution is 2.24. The number of aromatic nitrogens is 3. The van der Waals surface area contributed by atoms with E-state index in [1.807, 2.05) is 0 Å². The first-order chi connectivity index (χ1) is 10.6. The molecule has 8 heteroatoms. The molecule has 2 aromatic rings. The summed E-state index contributed by atoms with van der Waals surface area (Å²) in [5.41, 5.74) is 6.43. The number of nitrogens with zero attached hydrogens (tertiary/aromatic N) is 4. The second-order valence-electron chi connectivity index (χ2n) is 5.02. The molecular formula is C14H15FN6O. The molecule has 1 aromatic carbocycles. The van der Waals surface area contributed by atoms with Crippen LogP contribution in [0.3, 0.4) is 0 Å². The van der Waals surface area contributed by atoms with E-state index >= 15 is 0 Å². The van der Waals surface area contributed by atoms with Gasteiger partial charge in [-0.15, -0.1) is 5.10 Å². The zero-order chi connectivity index (χ0) is 15.5. The van der Waals surface area contributed by atoms with Gasteiger partial charge in [0.15, 0.2) is 0 Å². The summed E-state index contributed by atoms with van der Waals surface area (Å²) in [5, 5.41) is 9.95. The average Bonchev–Trinajstić information content (AvgIpc) is 3.03. The zero-order valence-electron chi connectivity index (χ0n) is 11.8. The van der Waals surface area contributed by atoms with Crippen molar-refractivity contribution in [1.82, 2.24) is 20.1 Å². The van der Waals surface area contributed by atoms with Crippen LogP contribution < -0.4 is 11.1 Å². The molecule has 3 rings (SSSR count). The van der Waals surface area contributed by atoms with Gasteiger partial charge in [-0.1, -0.05) is 0 Å². The molecule has 0 atom stereocenters. The lowest BCUT2D eigenvalue weighted by molar-refractivity contribution is 0.222. The number of benzene rings is 1. The van der Waals surface area contributed by atoms with Crippen LogP contribution in [0.2, 0.25) is 0 Å². The molecule has 22 heavy (non-hydrogen) atoms. The zero-order valence-corrected chi connectivity index (χ0v) is 11.8. The minimum absolute atomic E-state index is 0.0385. The maximum Gasteiger partial charge on any atom is 0.321 e. The number of rotatable bonds is 2. The quantitative estimate of drug-likeness (QED) is 0.883. The van der Waals surface area contributed by atoms with Crippen molar-refractivity contribution in [3.63, 3.8) is 0 Å². The van der Waals surface area contributed by atoms with Crippen LogP contribution in [-0.4, -0.2) is 39.2 Å². The fourth-order valence-corrected chi connectivity index (χ4v) is 2.37. The highest BCUT2D eigenvalue weighted by Gasteiger charge is 2.18. The third-order valence-corrected chi connectivity index (χ3v) is 3.46. The first-order valence-corrected chi connectivity index (χ1v) is 6.94. The van der Waals surface area contributed by atoms with Gasteiger partial charge in [-0.3, -0.25) is 0 Å². The number of amides is 2. The Morgan fingerprint density at radius 3 is 2.82 bits per heavy atom. The highest BCUT2D eigenvalue weighted by molar-refractivity contribution is 5.90. The number of anilines is 2. The number of nitrogens with one attached hydrogen (secondary N) is 1. The lowest BCUT2D eigenvalue weighted by atomic mass is 10.1. The Morgan fingerprint density at radius 1 is 1.32 bits per heavy atom. The number of carbonyl (C=O) groups excluding carboxylic acids is 1. The summed E-state index contributed by atoms with van der Waals surface area (Å²) in [6.45, 7) is 1.48. The highest BCUT2D eigenvalue weighted by atomic mass is 19.1. The Morgan fingerprint density at radius 2 is 2.09 bits per heavy atom. The van der Waals surface area contributed by atoms with E-state index in [-0.39, 0.29) is 23.2 Å². The van der Waals surface area contributed by atoms with Crippen molar-refractivity contribution >= 4 is 17.7 Å². The van der Waals surface area contributed by atoms with Crippen LogP contribution in [0.1, 0.15) is 12.8 Å². The number of urea groups is 1. The first kappa shape index (κ1) is 14.2. The Labute approximate surface area is 126 Å². The van der Waals surface area contributed by atoms with Crippen LogP contribution in [0.15, 0.2) is 24.4 Å². The van der Waals surface area contributed by atoms with Gasteiger partial charge >= 0.3 is 6.03 Å². The monoisotopic (exact) mass is 302 g/mol. The predicted molar refractivity (Wildman–Crippen MR) is 79.5 cm³/mol. The maximum atomic E-state index is 14.0. The van der Waals surface area contributed by atoms with Gasteiger partial charge in [0, 0.05) is 24.3 Å². The molecule has 0 unspecified atom stereocenters. The first-order valence-electron chi connectivity index (χ1n) is 6.94. The van der Waals surface area contributed by atoms with Crippen LogP contribution >= 0.6 is 0 Å². The molecule has 3 N–H and O–H groups in total. The van der Waals surface area contributed by atoms with Gasteiger partial charge in [-0.25, -0.2) is 14.2 Å². The number of nitrogens with two attached hydrogens (primary N) is 1. The van der Waals surface area contributed by atoms with Crippen LogP contribution in [0.5, 0.6) is 0 Å². The molecule has 0 radical (unpaired) electrons. The van der Waals surface area contributed by atoms with Crippen molar-refractivity contribution in [2.75, 3.05) is 24.1 Å². The molecule has 1 aliphatic rings. The van der Waals surface area contributed by atoms with Gasteiger partial charge < -0.3 is 16.0 Å². The molecule has 0 spiro atoms. The summed E-state index contributed by atoms with van der Waals surface area (Å²) in [5.74, 6) is -0.512. The van der Waals surface area contributed by atoms with E-state index in [0.717, 1.165) is 25.9 Å². The summed E-state index contributed by atoms with van der Waals surface area (Å²) in [6.07, 6.45) is 3.34. The topological polar surface area (TPSA) is 97.0 Å². The van der Waals surface area contributed by atoms with Gasteiger partial charge in [0.05, 0.1) is 11.9 Å². The summed E-state index contributed by atoms with van der Waals surface area (Å²) in [7, 11) is 0. The summed E-state index contributed by atoms with van der Waals surface area (Å²) in [6, 6.07) is 4.10. The van der Waals surface area contributed by atoms with Crippen LogP contribution in [0, 0.1) is 5.82 Å². The fraction of sp³-hybridized carbons (Fsp3) is 0.286. The number of hydrogen-bond acceptors (Lipinski definition) is 5. The number of nitrogen functional groups attached to an aromatic ring is 1. The molecule has 2 amide bonds. The average molecular weight is 302 g/mol. The van der Waals surface area contributed by atoms with E-state index in [0.29, 0.717) is 5.69 Å². The molecule has 1 aromatic heterocycles. The Hall–Kier alpha value is -2.77. The van der Waals surface area contributed by atoms with E-state index in [1.165, 1.54) is 24.4 Å². The normalized spacial score (nSPS) is 14.1. The van der Waals surface area contributed by atoms with Gasteiger partial charge in [0.2, 0.25) is 5.95 Å². The standard InChI is InChI=1S/C14H15FN6O/c15-11-4-3-9(18-14(22)21-5-1-2-6-21)7-10(11)12-8-17-20-13(16)19-12/h3-4,7-8H,1-2,5-6H2,(H,18,22)(H2,16,19,20). The summed E-state index contributed by atoms with van der Waals surface area (Å²) < 4.78 is 14.0. The van der Waals surface area contributed by atoms with Crippen molar-refractivity contribution < 1.29 is 9.18 Å². The molecule has 1 aliphatic heterocycles. The van der Waals surface area contributed by atoms with Crippen molar-refractivity contribution in [1.29, 1.82) is 0 Å². The van der Waals surface area contributed by atoms with Gasteiger partial charge in [-0.05, 0) is 31.0 Å². The van der Waals surface area contributed by atoms with E-state index in [4.69, 9.17) is 5.73 Å². The molecule has 0 bridgehead atoms. The van der Waals surface area contributed by atoms with E-state index in [1.54, 1.807) is 4.90 Å². The minimum Gasteiger partial charge on any atom is -0.366 e. The number of likely N-dealkylation sites (tertiary alicyclic amines) is 1. The van der Waals surface area contributed by atoms with Crippen molar-refractivity contribution in [2.45, 2.75) is 12.8 Å². The molecule has 2 heterocycles.